The van der Waals surface area contributed by atoms with Gasteiger partial charge in [-0.25, -0.2) is 23.1 Å². The number of aryl methyl sites for hydroxylation is 1. The molecule has 0 bridgehead atoms. The van der Waals surface area contributed by atoms with Crippen LogP contribution in [-0.4, -0.2) is 41.3 Å². The second kappa shape index (κ2) is 9.88. The van der Waals surface area contributed by atoms with E-state index in [-0.39, 0.29) is 30.2 Å². The van der Waals surface area contributed by atoms with Crippen LogP contribution >= 0.6 is 0 Å². The highest BCUT2D eigenvalue weighted by molar-refractivity contribution is 7.89. The molecular weight excluding hydrogens is 483 g/mol. The fourth-order valence-corrected chi connectivity index (χ4v) is 4.46. The van der Waals surface area contributed by atoms with E-state index in [0.717, 1.165) is 17.1 Å². The van der Waals surface area contributed by atoms with E-state index < -0.39 is 22.0 Å². The molecule has 0 spiro atoms. The van der Waals surface area contributed by atoms with Crippen LogP contribution in [0.15, 0.2) is 71.9 Å². The summed E-state index contributed by atoms with van der Waals surface area (Å²) in [5, 5.41) is 6.51. The Labute approximate surface area is 199 Å². The molecule has 0 radical (unpaired) electrons. The topological polar surface area (TPSA) is 105 Å². The van der Waals surface area contributed by atoms with Crippen molar-refractivity contribution in [3.63, 3.8) is 0 Å². The Morgan fingerprint density at radius 1 is 1.09 bits per heavy atom. The number of halogens is 3. The lowest BCUT2D eigenvalue weighted by atomic mass is 10.2. The number of fused-ring (bicyclic) bond motifs is 1. The molecule has 0 unspecified atom stereocenters. The molecule has 0 atom stereocenters. The summed E-state index contributed by atoms with van der Waals surface area (Å²) in [4.78, 5) is 7.10. The Morgan fingerprint density at radius 3 is 2.60 bits per heavy atom. The molecule has 4 aromatic rings. The highest BCUT2D eigenvalue weighted by Gasteiger charge is 2.35. The molecule has 0 aliphatic rings. The molecule has 13 heteroatoms. The zero-order chi connectivity index (χ0) is 25.1. The van der Waals surface area contributed by atoms with Crippen LogP contribution < -0.4 is 15.2 Å². The van der Waals surface area contributed by atoms with Crippen molar-refractivity contribution in [2.75, 3.05) is 23.5 Å². The summed E-state index contributed by atoms with van der Waals surface area (Å²) in [6, 6.07) is 14.6. The van der Waals surface area contributed by atoms with Gasteiger partial charge in [-0.2, -0.15) is 18.3 Å². The van der Waals surface area contributed by atoms with Gasteiger partial charge in [0.25, 0.3) is 0 Å². The number of alkyl halides is 3. The molecule has 0 saturated heterocycles. The van der Waals surface area contributed by atoms with Gasteiger partial charge >= 0.3 is 6.18 Å². The normalized spacial score (nSPS) is 12.1. The van der Waals surface area contributed by atoms with Gasteiger partial charge in [0.05, 0.1) is 22.3 Å². The van der Waals surface area contributed by atoms with Crippen LogP contribution in [0.3, 0.4) is 0 Å². The quantitative estimate of drug-likeness (QED) is 0.265. The van der Waals surface area contributed by atoms with E-state index in [1.54, 1.807) is 48.3 Å². The monoisotopic (exact) mass is 505 g/mol. The van der Waals surface area contributed by atoms with E-state index in [1.807, 2.05) is 6.07 Å². The van der Waals surface area contributed by atoms with Gasteiger partial charge in [0.2, 0.25) is 15.8 Å². The third-order valence-corrected chi connectivity index (χ3v) is 6.57. The number of hydrazine groups is 1. The van der Waals surface area contributed by atoms with Gasteiger partial charge in [0, 0.05) is 37.8 Å². The SMILES string of the molecule is Cn1ncc2ccc(NN(CCCNS(=O)(=O)c3ccccc3)c3ccnc(C(F)(F)F)n3)cc21. The first-order valence-electron chi connectivity index (χ1n) is 10.5. The van der Waals surface area contributed by atoms with Crippen molar-refractivity contribution < 1.29 is 21.6 Å². The largest absolute Gasteiger partial charge is 0.451 e. The lowest BCUT2D eigenvalue weighted by molar-refractivity contribution is -0.144. The van der Waals surface area contributed by atoms with Crippen molar-refractivity contribution in [1.82, 2.24) is 24.5 Å². The number of rotatable bonds is 9. The Morgan fingerprint density at radius 2 is 1.86 bits per heavy atom. The highest BCUT2D eigenvalue weighted by Crippen LogP contribution is 2.27. The van der Waals surface area contributed by atoms with E-state index in [2.05, 4.69) is 25.2 Å². The summed E-state index contributed by atoms with van der Waals surface area (Å²) in [5.41, 5.74) is 4.49. The molecule has 9 nitrogen and oxygen atoms in total. The minimum atomic E-state index is -4.71. The first-order chi connectivity index (χ1) is 16.6. The smallest absolute Gasteiger partial charge is 0.297 e. The van der Waals surface area contributed by atoms with Crippen molar-refractivity contribution in [3.8, 4) is 0 Å². The summed E-state index contributed by atoms with van der Waals surface area (Å²) < 4.78 is 68.6. The number of anilines is 2. The molecule has 2 heterocycles. The standard InChI is InChI=1S/C22H22F3N7O2S/c1-31-19-14-17(9-8-16(19)15-27-31)30-32(20-10-12-26-21(29-20)22(23,24)25)13-5-11-28-35(33,34)18-6-3-2-4-7-18/h2-4,6-10,12,14-15,28,30H,5,11,13H2,1H3. The Balaban J connectivity index is 1.52. The van der Waals surface area contributed by atoms with Crippen LogP contribution in [0.4, 0.5) is 24.7 Å². The van der Waals surface area contributed by atoms with Crippen LogP contribution in [0.5, 0.6) is 0 Å². The minimum absolute atomic E-state index is 0.0108. The number of sulfonamides is 1. The van der Waals surface area contributed by atoms with Crippen molar-refractivity contribution in [2.24, 2.45) is 7.05 Å². The first-order valence-corrected chi connectivity index (χ1v) is 12.0. The summed E-state index contributed by atoms with van der Waals surface area (Å²) in [6.45, 7) is 0.211. The second-order valence-corrected chi connectivity index (χ2v) is 9.37. The van der Waals surface area contributed by atoms with Crippen molar-refractivity contribution >= 4 is 32.4 Å². The van der Waals surface area contributed by atoms with Crippen molar-refractivity contribution in [2.45, 2.75) is 17.5 Å². The summed E-state index contributed by atoms with van der Waals surface area (Å²) in [7, 11) is -1.92. The Hall–Kier alpha value is -3.71. The molecule has 35 heavy (non-hydrogen) atoms. The molecule has 0 saturated carbocycles. The molecule has 0 fully saturated rings. The zero-order valence-electron chi connectivity index (χ0n) is 18.6. The molecule has 0 aliphatic carbocycles. The fraction of sp³-hybridized carbons (Fsp3) is 0.227. The fourth-order valence-electron chi connectivity index (χ4n) is 3.36. The number of nitrogens with zero attached hydrogens (tertiary/aromatic N) is 5. The zero-order valence-corrected chi connectivity index (χ0v) is 19.4. The number of hydrogen-bond acceptors (Lipinski definition) is 7. The van der Waals surface area contributed by atoms with E-state index in [4.69, 9.17) is 0 Å². The highest BCUT2D eigenvalue weighted by atomic mass is 32.2. The van der Waals surface area contributed by atoms with Crippen LogP contribution in [-0.2, 0) is 23.2 Å². The van der Waals surface area contributed by atoms with E-state index in [9.17, 15) is 21.6 Å². The average Bonchev–Trinajstić information content (AvgIpc) is 3.21. The lowest BCUT2D eigenvalue weighted by Crippen LogP contribution is -2.35. The van der Waals surface area contributed by atoms with Gasteiger partial charge in [-0.15, -0.1) is 0 Å². The summed E-state index contributed by atoms with van der Waals surface area (Å²) >= 11 is 0. The predicted octanol–water partition coefficient (Wildman–Crippen LogP) is 3.58. The molecule has 2 aromatic carbocycles. The van der Waals surface area contributed by atoms with Crippen molar-refractivity contribution in [1.29, 1.82) is 0 Å². The third kappa shape index (κ3) is 5.87. The van der Waals surface area contributed by atoms with Crippen LogP contribution in [0.1, 0.15) is 12.2 Å². The van der Waals surface area contributed by atoms with Gasteiger partial charge in [0.15, 0.2) is 5.82 Å². The van der Waals surface area contributed by atoms with Gasteiger partial charge in [-0.05, 0) is 36.8 Å². The van der Waals surface area contributed by atoms with Crippen LogP contribution in [0, 0.1) is 0 Å². The number of hydrogen-bond donors (Lipinski definition) is 2. The maximum absolute atomic E-state index is 13.2. The molecule has 2 aromatic heterocycles. The van der Waals surface area contributed by atoms with Gasteiger partial charge < -0.3 is 0 Å². The first kappa shape index (κ1) is 24.4. The maximum Gasteiger partial charge on any atom is 0.451 e. The van der Waals surface area contributed by atoms with Gasteiger partial charge in [-0.1, -0.05) is 18.2 Å². The van der Waals surface area contributed by atoms with E-state index in [0.29, 0.717) is 5.69 Å². The van der Waals surface area contributed by atoms with Crippen LogP contribution in [0.25, 0.3) is 10.9 Å². The second-order valence-electron chi connectivity index (χ2n) is 7.61. The average molecular weight is 506 g/mol. The van der Waals surface area contributed by atoms with E-state index >= 15 is 0 Å². The maximum atomic E-state index is 13.2. The summed E-state index contributed by atoms with van der Waals surface area (Å²) in [6.07, 6.45) is -1.70. The Kier molecular flexibility index (Phi) is 6.89. The molecular formula is C22H22F3N7O2S. The van der Waals surface area contributed by atoms with Crippen LogP contribution in [0.2, 0.25) is 0 Å². The molecule has 4 rings (SSSR count). The third-order valence-electron chi connectivity index (χ3n) is 5.09. The number of nitrogens with one attached hydrogen (secondary N) is 2. The van der Waals surface area contributed by atoms with Gasteiger partial charge in [0.1, 0.15) is 0 Å². The number of aromatic nitrogens is 4. The molecule has 184 valence electrons. The van der Waals surface area contributed by atoms with E-state index in [1.165, 1.54) is 23.2 Å². The lowest BCUT2D eigenvalue weighted by Gasteiger charge is -2.26. The molecule has 2 N–H and O–H groups in total. The van der Waals surface area contributed by atoms with Crippen molar-refractivity contribution in [3.05, 3.63) is 72.8 Å². The summed E-state index contributed by atoms with van der Waals surface area (Å²) in [5.74, 6) is -1.28. The predicted molar refractivity (Wildman–Crippen MR) is 125 cm³/mol. The minimum Gasteiger partial charge on any atom is -0.297 e. The number of benzene rings is 2. The molecule has 0 amide bonds. The van der Waals surface area contributed by atoms with Gasteiger partial charge in [-0.3, -0.25) is 15.1 Å². The molecule has 0 aliphatic heterocycles. The Bertz CT molecular complexity index is 1410.